The fourth-order valence-corrected chi connectivity index (χ4v) is 2.01. The zero-order valence-corrected chi connectivity index (χ0v) is 12.9. The van der Waals surface area contributed by atoms with Gasteiger partial charge in [-0.05, 0) is 17.9 Å². The van der Waals surface area contributed by atoms with Crippen LogP contribution in [-0.4, -0.2) is 6.61 Å². The van der Waals surface area contributed by atoms with Crippen molar-refractivity contribution >= 4 is 0 Å². The lowest BCUT2D eigenvalue weighted by molar-refractivity contribution is -0.156. The maximum atomic E-state index is 5.97. The van der Waals surface area contributed by atoms with Crippen LogP contribution < -0.4 is 0 Å². The van der Waals surface area contributed by atoms with Crippen LogP contribution in [0.1, 0.15) is 37.7 Å². The first-order valence-corrected chi connectivity index (χ1v) is 7.58. The minimum absolute atomic E-state index is 0.301. The van der Waals surface area contributed by atoms with Crippen LogP contribution in [0.3, 0.4) is 0 Å². The summed E-state index contributed by atoms with van der Waals surface area (Å²) < 4.78 is 11.9. The van der Waals surface area contributed by atoms with E-state index in [0.29, 0.717) is 19.1 Å². The molecule has 0 fully saturated rings. The molecule has 0 aliphatic carbocycles. The van der Waals surface area contributed by atoms with Crippen molar-refractivity contribution in [1.82, 2.24) is 0 Å². The molecule has 0 aliphatic heterocycles. The Morgan fingerprint density at radius 3 is 2.05 bits per heavy atom. The molecule has 0 N–H and O–H groups in total. The predicted octanol–water partition coefficient (Wildman–Crippen LogP) is 4.96. The van der Waals surface area contributed by atoms with E-state index < -0.39 is 0 Å². The molecule has 2 aromatic carbocycles. The van der Waals surface area contributed by atoms with E-state index in [-0.39, 0.29) is 6.29 Å². The van der Waals surface area contributed by atoms with Gasteiger partial charge in [0.1, 0.15) is 0 Å². The summed E-state index contributed by atoms with van der Waals surface area (Å²) in [6, 6.07) is 20.3. The van der Waals surface area contributed by atoms with E-state index in [9.17, 15) is 0 Å². The van der Waals surface area contributed by atoms with Crippen molar-refractivity contribution in [3.63, 3.8) is 0 Å². The number of rotatable bonds is 8. The van der Waals surface area contributed by atoms with Crippen molar-refractivity contribution in [3.8, 4) is 0 Å². The maximum absolute atomic E-state index is 5.97. The summed E-state index contributed by atoms with van der Waals surface area (Å²) in [7, 11) is 0. The largest absolute Gasteiger partial charge is 0.348 e. The van der Waals surface area contributed by atoms with Crippen LogP contribution in [0, 0.1) is 5.92 Å². The van der Waals surface area contributed by atoms with E-state index in [2.05, 4.69) is 26.0 Å². The summed E-state index contributed by atoms with van der Waals surface area (Å²) in [6.07, 6.45) is 0.739. The van der Waals surface area contributed by atoms with Crippen molar-refractivity contribution in [2.75, 3.05) is 6.61 Å². The Hall–Kier alpha value is -1.64. The van der Waals surface area contributed by atoms with Gasteiger partial charge in [-0.1, -0.05) is 74.5 Å². The molecule has 1 unspecified atom stereocenters. The molecule has 0 aromatic heterocycles. The van der Waals surface area contributed by atoms with E-state index in [0.717, 1.165) is 17.5 Å². The summed E-state index contributed by atoms with van der Waals surface area (Å²) in [5, 5.41) is 0. The molecule has 0 aliphatic rings. The third-order valence-corrected chi connectivity index (χ3v) is 3.28. The zero-order chi connectivity index (χ0) is 14.9. The molecule has 112 valence electrons. The number of ether oxygens (including phenoxy) is 2. The third kappa shape index (κ3) is 5.70. The van der Waals surface area contributed by atoms with Gasteiger partial charge >= 0.3 is 0 Å². The van der Waals surface area contributed by atoms with Gasteiger partial charge in [0.15, 0.2) is 6.29 Å². The molecule has 2 nitrogen and oxygen atoms in total. The normalized spacial score (nSPS) is 12.5. The summed E-state index contributed by atoms with van der Waals surface area (Å²) in [4.78, 5) is 0. The highest BCUT2D eigenvalue weighted by Gasteiger charge is 2.12. The molecule has 0 heterocycles. The minimum Gasteiger partial charge on any atom is -0.348 e. The highest BCUT2D eigenvalue weighted by Crippen LogP contribution is 2.21. The predicted molar refractivity (Wildman–Crippen MR) is 85.8 cm³/mol. The molecule has 0 bridgehead atoms. The monoisotopic (exact) mass is 284 g/mol. The molecule has 0 spiro atoms. The number of benzene rings is 2. The third-order valence-electron chi connectivity index (χ3n) is 3.28. The van der Waals surface area contributed by atoms with Gasteiger partial charge in [-0.2, -0.15) is 0 Å². The second-order valence-corrected chi connectivity index (χ2v) is 5.59. The average molecular weight is 284 g/mol. The SMILES string of the molecule is CC(C)CCOC(OCc1ccccc1)c1ccccc1. The first-order valence-electron chi connectivity index (χ1n) is 7.58. The second-order valence-electron chi connectivity index (χ2n) is 5.59. The number of hydrogen-bond donors (Lipinski definition) is 0. The number of hydrogen-bond acceptors (Lipinski definition) is 2. The first kappa shape index (κ1) is 15.7. The first-order chi connectivity index (χ1) is 10.3. The molecule has 21 heavy (non-hydrogen) atoms. The highest BCUT2D eigenvalue weighted by atomic mass is 16.7. The fourth-order valence-electron chi connectivity index (χ4n) is 2.01. The molecule has 0 saturated heterocycles. The maximum Gasteiger partial charge on any atom is 0.184 e. The van der Waals surface area contributed by atoms with Crippen molar-refractivity contribution in [1.29, 1.82) is 0 Å². The second kappa shape index (κ2) is 8.60. The topological polar surface area (TPSA) is 18.5 Å². The smallest absolute Gasteiger partial charge is 0.184 e. The minimum atomic E-state index is -0.301. The Morgan fingerprint density at radius 2 is 1.43 bits per heavy atom. The lowest BCUT2D eigenvalue weighted by Crippen LogP contribution is -2.11. The lowest BCUT2D eigenvalue weighted by Gasteiger charge is -2.19. The van der Waals surface area contributed by atoms with Crippen molar-refractivity contribution in [3.05, 3.63) is 71.8 Å². The van der Waals surface area contributed by atoms with Crippen molar-refractivity contribution in [2.24, 2.45) is 5.92 Å². The molecule has 1 atom stereocenters. The van der Waals surface area contributed by atoms with Gasteiger partial charge < -0.3 is 9.47 Å². The van der Waals surface area contributed by atoms with Crippen LogP contribution in [0.4, 0.5) is 0 Å². The van der Waals surface area contributed by atoms with Crippen LogP contribution in [-0.2, 0) is 16.1 Å². The zero-order valence-electron chi connectivity index (χ0n) is 12.9. The Morgan fingerprint density at radius 1 is 0.810 bits per heavy atom. The molecule has 2 heteroatoms. The van der Waals surface area contributed by atoms with Gasteiger partial charge in [-0.15, -0.1) is 0 Å². The molecule has 0 radical (unpaired) electrons. The van der Waals surface area contributed by atoms with Gasteiger partial charge in [0.25, 0.3) is 0 Å². The summed E-state index contributed by atoms with van der Waals surface area (Å²) >= 11 is 0. The Kier molecular flexibility index (Phi) is 6.45. The van der Waals surface area contributed by atoms with Gasteiger partial charge in [0.2, 0.25) is 0 Å². The summed E-state index contributed by atoms with van der Waals surface area (Å²) in [5.41, 5.74) is 2.23. The van der Waals surface area contributed by atoms with Crippen LogP contribution in [0.5, 0.6) is 0 Å². The molecule has 0 amide bonds. The average Bonchev–Trinajstić information content (AvgIpc) is 2.52. The molecular formula is C19H24O2. The van der Waals surface area contributed by atoms with Gasteiger partial charge in [-0.3, -0.25) is 0 Å². The standard InChI is InChI=1S/C19H24O2/c1-16(2)13-14-20-19(18-11-7-4-8-12-18)21-15-17-9-5-3-6-10-17/h3-12,16,19H,13-15H2,1-2H3. The lowest BCUT2D eigenvalue weighted by atomic mass is 10.1. The van der Waals surface area contributed by atoms with Crippen LogP contribution >= 0.6 is 0 Å². The molecule has 2 rings (SSSR count). The molecule has 0 saturated carbocycles. The molecule has 2 aromatic rings. The van der Waals surface area contributed by atoms with E-state index in [1.165, 1.54) is 0 Å². The van der Waals surface area contributed by atoms with Crippen LogP contribution in [0.15, 0.2) is 60.7 Å². The Bertz CT molecular complexity index is 493. The van der Waals surface area contributed by atoms with Gasteiger partial charge in [-0.25, -0.2) is 0 Å². The van der Waals surface area contributed by atoms with E-state index in [4.69, 9.17) is 9.47 Å². The van der Waals surface area contributed by atoms with Crippen molar-refractivity contribution < 1.29 is 9.47 Å². The van der Waals surface area contributed by atoms with Crippen LogP contribution in [0.2, 0.25) is 0 Å². The fraction of sp³-hybridized carbons (Fsp3) is 0.368. The Labute approximate surface area is 127 Å². The van der Waals surface area contributed by atoms with Gasteiger partial charge in [0, 0.05) is 5.56 Å². The van der Waals surface area contributed by atoms with E-state index >= 15 is 0 Å². The highest BCUT2D eigenvalue weighted by molar-refractivity contribution is 5.17. The summed E-state index contributed by atoms with van der Waals surface area (Å²) in [5.74, 6) is 0.635. The van der Waals surface area contributed by atoms with E-state index in [1.54, 1.807) is 0 Å². The molecular weight excluding hydrogens is 260 g/mol. The van der Waals surface area contributed by atoms with Crippen LogP contribution in [0.25, 0.3) is 0 Å². The van der Waals surface area contributed by atoms with Crippen molar-refractivity contribution in [2.45, 2.75) is 33.2 Å². The quantitative estimate of drug-likeness (QED) is 0.637. The van der Waals surface area contributed by atoms with E-state index in [1.807, 2.05) is 48.5 Å². The Balaban J connectivity index is 1.95. The van der Waals surface area contributed by atoms with Gasteiger partial charge in [0.05, 0.1) is 13.2 Å². The summed E-state index contributed by atoms with van der Waals surface area (Å²) in [6.45, 7) is 5.67.